The van der Waals surface area contributed by atoms with E-state index in [4.69, 9.17) is 4.74 Å². The van der Waals surface area contributed by atoms with Crippen molar-refractivity contribution in [3.05, 3.63) is 70.5 Å². The third kappa shape index (κ3) is 4.28. The van der Waals surface area contributed by atoms with E-state index >= 15 is 0 Å². The summed E-state index contributed by atoms with van der Waals surface area (Å²) >= 11 is 0. The zero-order valence-corrected chi connectivity index (χ0v) is 14.3. The molecule has 2 N–H and O–H groups in total. The highest BCUT2D eigenvalue weighted by Gasteiger charge is 2.33. The number of hydrogen-bond donors (Lipinski definition) is 2. The highest BCUT2D eigenvalue weighted by atomic mass is 19.2. The fourth-order valence-corrected chi connectivity index (χ4v) is 2.45. The normalized spacial score (nSPS) is 13.0. The SMILES string of the molecule is CC(=O)O[C@H](C(=O)N[C@H](CO)c1c(F)c(F)c(F)c(F)c1F)c1ccccc1. The van der Waals surface area contributed by atoms with Crippen LogP contribution in [0.3, 0.4) is 0 Å². The van der Waals surface area contributed by atoms with Gasteiger partial charge in [0.05, 0.1) is 18.2 Å². The molecule has 0 saturated heterocycles. The number of carbonyl (C=O) groups excluding carboxylic acids is 2. The number of amides is 1. The number of carbonyl (C=O) groups is 2. The first-order valence-electron chi connectivity index (χ1n) is 7.83. The number of ether oxygens (including phenoxy) is 1. The van der Waals surface area contributed by atoms with Gasteiger partial charge in [-0.2, -0.15) is 0 Å². The minimum absolute atomic E-state index is 0.185. The van der Waals surface area contributed by atoms with Crippen LogP contribution in [0.4, 0.5) is 22.0 Å². The molecule has 0 radical (unpaired) electrons. The van der Waals surface area contributed by atoms with Crippen molar-refractivity contribution in [2.24, 2.45) is 0 Å². The Bertz CT molecular complexity index is 862. The Balaban J connectivity index is 2.41. The lowest BCUT2D eigenvalue weighted by Crippen LogP contribution is -2.37. The molecule has 2 atom stereocenters. The van der Waals surface area contributed by atoms with E-state index in [0.717, 1.165) is 6.92 Å². The van der Waals surface area contributed by atoms with Gasteiger partial charge in [0, 0.05) is 12.5 Å². The second kappa shape index (κ2) is 8.79. The molecule has 0 heterocycles. The largest absolute Gasteiger partial charge is 0.447 e. The number of nitrogens with one attached hydrogen (secondary N) is 1. The van der Waals surface area contributed by atoms with Crippen LogP contribution in [0.1, 0.15) is 30.2 Å². The highest BCUT2D eigenvalue weighted by molar-refractivity contribution is 5.85. The molecule has 0 bridgehead atoms. The van der Waals surface area contributed by atoms with Crippen molar-refractivity contribution in [1.29, 1.82) is 0 Å². The summed E-state index contributed by atoms with van der Waals surface area (Å²) in [4.78, 5) is 23.8. The molecule has 0 unspecified atom stereocenters. The van der Waals surface area contributed by atoms with Crippen LogP contribution in [0, 0.1) is 29.1 Å². The Hall–Kier alpha value is -3.01. The van der Waals surface area contributed by atoms with Gasteiger partial charge in [0.2, 0.25) is 11.9 Å². The maximum absolute atomic E-state index is 14.0. The van der Waals surface area contributed by atoms with Crippen molar-refractivity contribution in [3.8, 4) is 0 Å². The summed E-state index contributed by atoms with van der Waals surface area (Å²) in [5, 5.41) is 11.3. The van der Waals surface area contributed by atoms with E-state index in [1.165, 1.54) is 24.3 Å². The molecule has 2 rings (SSSR count). The second-order valence-electron chi connectivity index (χ2n) is 5.63. The molecule has 2 aromatic carbocycles. The minimum Gasteiger partial charge on any atom is -0.447 e. The third-order valence-electron chi connectivity index (χ3n) is 3.72. The molecular weight excluding hydrogens is 389 g/mol. The first kappa shape index (κ1) is 21.3. The Labute approximate surface area is 155 Å². The lowest BCUT2D eigenvalue weighted by atomic mass is 10.0. The lowest BCUT2D eigenvalue weighted by molar-refractivity contribution is -0.154. The zero-order valence-electron chi connectivity index (χ0n) is 14.3. The van der Waals surface area contributed by atoms with Gasteiger partial charge < -0.3 is 15.2 Å². The van der Waals surface area contributed by atoms with Crippen LogP contribution in [0.15, 0.2) is 30.3 Å². The van der Waals surface area contributed by atoms with E-state index in [9.17, 15) is 36.6 Å². The third-order valence-corrected chi connectivity index (χ3v) is 3.72. The van der Waals surface area contributed by atoms with Crippen LogP contribution >= 0.6 is 0 Å². The number of aliphatic hydroxyl groups is 1. The molecule has 5 nitrogen and oxygen atoms in total. The monoisotopic (exact) mass is 403 g/mol. The minimum atomic E-state index is -2.37. The van der Waals surface area contributed by atoms with E-state index < -0.39 is 65.3 Å². The Morgan fingerprint density at radius 2 is 1.46 bits per heavy atom. The smallest absolute Gasteiger partial charge is 0.303 e. The molecule has 0 fully saturated rings. The van der Waals surface area contributed by atoms with Crippen molar-refractivity contribution >= 4 is 11.9 Å². The Morgan fingerprint density at radius 3 is 1.93 bits per heavy atom. The van der Waals surface area contributed by atoms with Gasteiger partial charge in [0.25, 0.3) is 5.91 Å². The quantitative estimate of drug-likeness (QED) is 0.337. The van der Waals surface area contributed by atoms with Gasteiger partial charge in [-0.1, -0.05) is 30.3 Å². The molecular formula is C18H14F5NO4. The van der Waals surface area contributed by atoms with Crippen LogP contribution in [-0.4, -0.2) is 23.6 Å². The van der Waals surface area contributed by atoms with Gasteiger partial charge in [-0.05, 0) is 0 Å². The highest BCUT2D eigenvalue weighted by Crippen LogP contribution is 2.28. The van der Waals surface area contributed by atoms with E-state index in [-0.39, 0.29) is 5.56 Å². The summed E-state index contributed by atoms with van der Waals surface area (Å²) in [6.07, 6.45) is -1.57. The lowest BCUT2D eigenvalue weighted by Gasteiger charge is -2.23. The number of halogens is 5. The fraction of sp³-hybridized carbons (Fsp3) is 0.222. The van der Waals surface area contributed by atoms with Gasteiger partial charge in [-0.25, -0.2) is 22.0 Å². The zero-order chi connectivity index (χ0) is 21.0. The van der Waals surface area contributed by atoms with Crippen molar-refractivity contribution in [3.63, 3.8) is 0 Å². The molecule has 0 aliphatic carbocycles. The first-order valence-corrected chi connectivity index (χ1v) is 7.83. The van der Waals surface area contributed by atoms with Gasteiger partial charge in [-0.15, -0.1) is 0 Å². The van der Waals surface area contributed by atoms with E-state index in [2.05, 4.69) is 0 Å². The molecule has 0 aromatic heterocycles. The van der Waals surface area contributed by atoms with Crippen LogP contribution < -0.4 is 5.32 Å². The Kier molecular flexibility index (Phi) is 6.68. The van der Waals surface area contributed by atoms with Gasteiger partial charge in [0.15, 0.2) is 23.3 Å². The maximum Gasteiger partial charge on any atom is 0.303 e. The molecule has 0 aliphatic heterocycles. The molecule has 0 aliphatic rings. The van der Waals surface area contributed by atoms with Crippen LogP contribution in [0.2, 0.25) is 0 Å². The van der Waals surface area contributed by atoms with Crippen LogP contribution in [-0.2, 0) is 14.3 Å². The Morgan fingerprint density at radius 1 is 0.964 bits per heavy atom. The first-order chi connectivity index (χ1) is 13.2. The van der Waals surface area contributed by atoms with Crippen LogP contribution in [0.5, 0.6) is 0 Å². The summed E-state index contributed by atoms with van der Waals surface area (Å²) in [7, 11) is 0. The maximum atomic E-state index is 14.0. The van der Waals surface area contributed by atoms with E-state index in [0.29, 0.717) is 0 Å². The van der Waals surface area contributed by atoms with Gasteiger partial charge in [-0.3, -0.25) is 9.59 Å². The average molecular weight is 403 g/mol. The predicted molar refractivity (Wildman–Crippen MR) is 85.2 cm³/mol. The summed E-state index contributed by atoms with van der Waals surface area (Å²) in [6, 6.07) is 5.50. The predicted octanol–water partition coefficient (Wildman–Crippen LogP) is 2.84. The van der Waals surface area contributed by atoms with E-state index in [1.807, 2.05) is 5.32 Å². The molecule has 150 valence electrons. The van der Waals surface area contributed by atoms with E-state index in [1.54, 1.807) is 6.07 Å². The second-order valence-corrected chi connectivity index (χ2v) is 5.63. The summed E-state index contributed by atoms with van der Waals surface area (Å²) in [5.41, 5.74) is -1.23. The molecule has 1 amide bonds. The molecule has 0 spiro atoms. The van der Waals surface area contributed by atoms with Crippen molar-refractivity contribution < 1.29 is 41.4 Å². The number of hydrogen-bond acceptors (Lipinski definition) is 4. The molecule has 10 heteroatoms. The molecule has 28 heavy (non-hydrogen) atoms. The summed E-state index contributed by atoms with van der Waals surface area (Å²) < 4.78 is 72.8. The molecule has 2 aromatic rings. The standard InChI is InChI=1S/C18H14F5NO4/c1-8(26)28-17(9-5-3-2-4-6-9)18(27)24-10(7-25)11-12(19)14(21)16(23)15(22)13(11)20/h2-6,10,17,25H,7H2,1H3,(H,24,27)/t10-,17+/m1/s1. The van der Waals surface area contributed by atoms with Crippen molar-refractivity contribution in [1.82, 2.24) is 5.32 Å². The van der Waals surface area contributed by atoms with Crippen molar-refractivity contribution in [2.45, 2.75) is 19.1 Å². The number of esters is 1. The number of benzene rings is 2. The molecule has 0 saturated carbocycles. The number of rotatable bonds is 6. The fourth-order valence-electron chi connectivity index (χ4n) is 2.45. The van der Waals surface area contributed by atoms with Gasteiger partial charge in [0.1, 0.15) is 0 Å². The average Bonchev–Trinajstić information content (AvgIpc) is 2.68. The number of aliphatic hydroxyl groups excluding tert-OH is 1. The van der Waals surface area contributed by atoms with Crippen LogP contribution in [0.25, 0.3) is 0 Å². The van der Waals surface area contributed by atoms with Crippen molar-refractivity contribution in [2.75, 3.05) is 6.61 Å². The topological polar surface area (TPSA) is 75.6 Å². The van der Waals surface area contributed by atoms with Gasteiger partial charge >= 0.3 is 5.97 Å². The summed E-state index contributed by atoms with van der Waals surface area (Å²) in [6.45, 7) is -0.178. The summed E-state index contributed by atoms with van der Waals surface area (Å²) in [5.74, 6) is -13.2.